The first-order valence-electron chi connectivity index (χ1n) is 13.7. The molecule has 204 valence electrons. The molecule has 0 aromatic carbocycles. The van der Waals surface area contributed by atoms with Crippen LogP contribution in [0.2, 0.25) is 0 Å². The Labute approximate surface area is 219 Å². The predicted octanol–water partition coefficient (Wildman–Crippen LogP) is 3.41. The van der Waals surface area contributed by atoms with Crippen LogP contribution in [-0.2, 0) is 14.3 Å². The molecule has 1 heterocycles. The number of carbonyl (C=O) groups is 3. The maximum atomic E-state index is 13.8. The van der Waals surface area contributed by atoms with Crippen molar-refractivity contribution in [3.8, 4) is 0 Å². The number of carbonyl (C=O) groups excluding carboxylic acids is 3. The second-order valence-electron chi connectivity index (χ2n) is 11.1. The quantitative estimate of drug-likeness (QED) is 0.242. The van der Waals surface area contributed by atoms with Crippen molar-refractivity contribution < 1.29 is 19.1 Å². The lowest BCUT2D eigenvalue weighted by atomic mass is 9.81. The summed E-state index contributed by atoms with van der Waals surface area (Å²) in [6, 6.07) is -1.30. The summed E-state index contributed by atoms with van der Waals surface area (Å²) >= 11 is 1.75. The molecule has 3 amide bonds. The van der Waals surface area contributed by atoms with Crippen molar-refractivity contribution in [1.82, 2.24) is 15.5 Å². The van der Waals surface area contributed by atoms with Crippen LogP contribution in [0.25, 0.3) is 0 Å². The zero-order valence-electron chi connectivity index (χ0n) is 22.1. The van der Waals surface area contributed by atoms with Gasteiger partial charge >= 0.3 is 6.09 Å². The van der Waals surface area contributed by atoms with E-state index in [9.17, 15) is 14.4 Å². The lowest BCUT2D eigenvalue weighted by Crippen LogP contribution is -2.60. The molecule has 0 bridgehead atoms. The van der Waals surface area contributed by atoms with Crippen LogP contribution in [0.3, 0.4) is 0 Å². The zero-order valence-corrected chi connectivity index (χ0v) is 23.0. The summed E-state index contributed by atoms with van der Waals surface area (Å²) in [7, 11) is 0. The van der Waals surface area contributed by atoms with Crippen LogP contribution in [0.1, 0.15) is 85.0 Å². The average molecular weight is 524 g/mol. The van der Waals surface area contributed by atoms with E-state index in [-0.39, 0.29) is 23.6 Å². The minimum atomic E-state index is -0.775. The molecule has 10 heteroatoms. The van der Waals surface area contributed by atoms with Gasteiger partial charge in [0.1, 0.15) is 12.1 Å². The number of thioether (sulfide) groups is 1. The smallest absolute Gasteiger partial charge is 0.407 e. The van der Waals surface area contributed by atoms with Crippen LogP contribution < -0.4 is 16.4 Å². The van der Waals surface area contributed by atoms with Gasteiger partial charge in [-0.3, -0.25) is 15.0 Å². The third-order valence-corrected chi connectivity index (χ3v) is 9.50. The Morgan fingerprint density at radius 3 is 2.39 bits per heavy atom. The van der Waals surface area contributed by atoms with Crippen LogP contribution in [-0.4, -0.2) is 70.4 Å². The number of rotatable bonds is 11. The number of hydrogen-bond donors (Lipinski definition) is 4. The number of amidine groups is 1. The van der Waals surface area contributed by atoms with Gasteiger partial charge in [-0.25, -0.2) is 4.79 Å². The predicted molar refractivity (Wildman–Crippen MR) is 143 cm³/mol. The molecular formula is C26H45N5O4S. The van der Waals surface area contributed by atoms with Crippen molar-refractivity contribution in [3.63, 3.8) is 0 Å². The number of nitrogens with one attached hydrogen (secondary N) is 3. The first-order chi connectivity index (χ1) is 17.1. The van der Waals surface area contributed by atoms with Crippen LogP contribution >= 0.6 is 11.8 Å². The normalized spacial score (nSPS) is 25.5. The lowest BCUT2D eigenvalue weighted by molar-refractivity contribution is -0.140. The topological polar surface area (TPSA) is 138 Å². The Morgan fingerprint density at radius 1 is 1.11 bits per heavy atom. The molecule has 0 unspecified atom stereocenters. The van der Waals surface area contributed by atoms with Gasteiger partial charge < -0.3 is 26.0 Å². The fourth-order valence-electron chi connectivity index (χ4n) is 5.38. The molecule has 0 aromatic rings. The van der Waals surface area contributed by atoms with E-state index in [1.807, 2.05) is 20.8 Å². The summed E-state index contributed by atoms with van der Waals surface area (Å²) in [6.45, 7) is 7.31. The maximum Gasteiger partial charge on any atom is 0.407 e. The van der Waals surface area contributed by atoms with E-state index < -0.39 is 22.9 Å². The number of amides is 3. The SMILES string of the molecule is CCCOC(=O)N[C@@H](C(=O)N1CCC[C@H]1C(=O)NC[C@H]1CC[C@H](C(=N)N)CC1)C(C)(C)SC1CCC1. The molecule has 9 nitrogen and oxygen atoms in total. The van der Waals surface area contributed by atoms with E-state index in [0.717, 1.165) is 44.9 Å². The van der Waals surface area contributed by atoms with Crippen molar-refractivity contribution in [3.05, 3.63) is 0 Å². The second-order valence-corrected chi connectivity index (χ2v) is 13.0. The largest absolute Gasteiger partial charge is 0.450 e. The van der Waals surface area contributed by atoms with Gasteiger partial charge in [0, 0.05) is 29.0 Å². The number of ether oxygens (including phenoxy) is 1. The van der Waals surface area contributed by atoms with Crippen molar-refractivity contribution in [2.45, 2.75) is 107 Å². The molecule has 3 aliphatic rings. The minimum absolute atomic E-state index is 0.119. The summed E-state index contributed by atoms with van der Waals surface area (Å²) in [5, 5.41) is 14.1. The number of alkyl carbamates (subject to hydrolysis) is 1. The zero-order chi connectivity index (χ0) is 26.3. The molecule has 2 atom stereocenters. The Kier molecular flexibility index (Phi) is 10.3. The van der Waals surface area contributed by atoms with Crippen molar-refractivity contribution in [2.75, 3.05) is 19.7 Å². The fraction of sp³-hybridized carbons (Fsp3) is 0.846. The van der Waals surface area contributed by atoms with Gasteiger partial charge in [-0.15, -0.1) is 11.8 Å². The van der Waals surface area contributed by atoms with E-state index >= 15 is 0 Å². The van der Waals surface area contributed by atoms with Crippen LogP contribution in [0.4, 0.5) is 4.79 Å². The molecular weight excluding hydrogens is 478 g/mol. The van der Waals surface area contributed by atoms with Gasteiger partial charge in [0.25, 0.3) is 0 Å². The number of hydrogen-bond acceptors (Lipinski definition) is 6. The molecule has 2 saturated carbocycles. The molecule has 1 saturated heterocycles. The van der Waals surface area contributed by atoms with Gasteiger partial charge in [0.05, 0.1) is 12.4 Å². The Hall–Kier alpha value is -1.97. The summed E-state index contributed by atoms with van der Waals surface area (Å²) in [6.07, 6.45) is 8.61. The summed E-state index contributed by atoms with van der Waals surface area (Å²) < 4.78 is 4.71. The molecule has 0 spiro atoms. The van der Waals surface area contributed by atoms with E-state index in [1.165, 1.54) is 6.42 Å². The van der Waals surface area contributed by atoms with Gasteiger partial charge in [0.15, 0.2) is 0 Å². The highest BCUT2D eigenvalue weighted by molar-refractivity contribution is 8.01. The second kappa shape index (κ2) is 13.0. The van der Waals surface area contributed by atoms with E-state index in [0.29, 0.717) is 43.7 Å². The molecule has 3 rings (SSSR count). The highest BCUT2D eigenvalue weighted by atomic mass is 32.2. The molecule has 0 aromatic heterocycles. The average Bonchev–Trinajstić information content (AvgIpc) is 3.32. The van der Waals surface area contributed by atoms with E-state index in [1.54, 1.807) is 16.7 Å². The summed E-state index contributed by atoms with van der Waals surface area (Å²) in [5.41, 5.74) is 5.65. The monoisotopic (exact) mass is 523 g/mol. The van der Waals surface area contributed by atoms with Gasteiger partial charge in [0.2, 0.25) is 11.8 Å². The van der Waals surface area contributed by atoms with E-state index in [4.69, 9.17) is 15.9 Å². The third-order valence-electron chi connectivity index (χ3n) is 7.85. The Bertz CT molecular complexity index is 795. The summed E-state index contributed by atoms with van der Waals surface area (Å²) in [4.78, 5) is 41.2. The molecule has 3 fully saturated rings. The fourth-order valence-corrected chi connectivity index (χ4v) is 7.11. The summed E-state index contributed by atoms with van der Waals surface area (Å²) in [5.74, 6) is 0.467. The van der Waals surface area contributed by atoms with Crippen LogP contribution in [0.15, 0.2) is 0 Å². The van der Waals surface area contributed by atoms with Gasteiger partial charge in [-0.1, -0.05) is 13.3 Å². The Balaban J connectivity index is 1.62. The third kappa shape index (κ3) is 7.52. The first-order valence-corrected chi connectivity index (χ1v) is 14.5. The van der Waals surface area contributed by atoms with Gasteiger partial charge in [-0.2, -0.15) is 0 Å². The first kappa shape index (κ1) is 28.6. The Morgan fingerprint density at radius 2 is 1.81 bits per heavy atom. The maximum absolute atomic E-state index is 13.8. The standard InChI is InChI=1S/C26H45N5O4S/c1-4-15-35-25(34)30-21(26(2,3)36-19-7-5-8-19)24(33)31-14-6-9-20(31)23(32)29-16-17-10-12-18(13-11-17)22(27)28/h17-21H,4-16H2,1-3H3,(H3,27,28)(H,29,32)(H,30,34)/t17-,18-,20-,21-/m0/s1. The molecule has 1 aliphatic heterocycles. The minimum Gasteiger partial charge on any atom is -0.450 e. The number of nitrogens with two attached hydrogens (primary N) is 1. The van der Waals surface area contributed by atoms with Crippen molar-refractivity contribution in [1.29, 1.82) is 5.41 Å². The van der Waals surface area contributed by atoms with Crippen LogP contribution in [0.5, 0.6) is 0 Å². The van der Waals surface area contributed by atoms with Gasteiger partial charge in [-0.05, 0) is 77.6 Å². The number of nitrogens with zero attached hydrogens (tertiary/aromatic N) is 1. The molecule has 36 heavy (non-hydrogen) atoms. The molecule has 5 N–H and O–H groups in total. The van der Waals surface area contributed by atoms with Crippen molar-refractivity contribution in [2.24, 2.45) is 17.6 Å². The van der Waals surface area contributed by atoms with E-state index in [2.05, 4.69) is 10.6 Å². The molecule has 0 radical (unpaired) electrons. The lowest BCUT2D eigenvalue weighted by Gasteiger charge is -2.40. The number of likely N-dealkylation sites (tertiary alicyclic amines) is 1. The van der Waals surface area contributed by atoms with Crippen LogP contribution in [0, 0.1) is 17.2 Å². The highest BCUT2D eigenvalue weighted by Gasteiger charge is 2.45. The van der Waals surface area contributed by atoms with Crippen molar-refractivity contribution >= 4 is 35.5 Å². The highest BCUT2D eigenvalue weighted by Crippen LogP contribution is 2.42. The molecule has 2 aliphatic carbocycles.